The van der Waals surface area contributed by atoms with Gasteiger partial charge < -0.3 is 18.9 Å². The molecule has 0 radical (unpaired) electrons. The molecule has 0 spiro atoms. The van der Waals surface area contributed by atoms with Crippen LogP contribution in [0.4, 0.5) is 0 Å². The van der Waals surface area contributed by atoms with Crippen LogP contribution in [0, 0.1) is 0 Å². The predicted octanol–water partition coefficient (Wildman–Crippen LogP) is 5.80. The van der Waals surface area contributed by atoms with E-state index in [9.17, 15) is 0 Å². The van der Waals surface area contributed by atoms with Crippen LogP contribution < -0.4 is 0 Å². The summed E-state index contributed by atoms with van der Waals surface area (Å²) in [6, 6.07) is 6.69. The first-order valence-electron chi connectivity index (χ1n) is 11.5. The molecule has 2 aliphatic rings. The molecule has 0 atom stereocenters. The summed E-state index contributed by atoms with van der Waals surface area (Å²) in [5, 5.41) is 0. The third-order valence-corrected chi connectivity index (χ3v) is 6.20. The highest BCUT2D eigenvalue weighted by molar-refractivity contribution is 5.68. The van der Waals surface area contributed by atoms with Gasteiger partial charge >= 0.3 is 0 Å². The molecule has 3 rings (SSSR count). The Bertz CT molecular complexity index is 635. The largest absolute Gasteiger partial charge is 0.351 e. The first kappa shape index (κ1) is 22.5. The molecule has 0 aromatic heterocycles. The zero-order valence-corrected chi connectivity index (χ0v) is 18.6. The number of hydrogen-bond acceptors (Lipinski definition) is 4. The Balaban J connectivity index is 2.16. The topological polar surface area (TPSA) is 36.9 Å². The monoisotopic (exact) mass is 402 g/mol. The van der Waals surface area contributed by atoms with E-state index in [1.165, 1.54) is 48.8 Å². The first-order chi connectivity index (χ1) is 14.2. The average Bonchev–Trinajstić information content (AvgIpc) is 3.15. The van der Waals surface area contributed by atoms with Crippen LogP contribution in [-0.4, -0.2) is 39.0 Å². The Labute approximate surface area is 176 Å². The van der Waals surface area contributed by atoms with Crippen LogP contribution in [0.25, 0.3) is 6.08 Å². The third-order valence-electron chi connectivity index (χ3n) is 6.20. The van der Waals surface area contributed by atoms with Crippen molar-refractivity contribution in [2.75, 3.05) is 26.4 Å². The molecule has 0 amide bonds. The molecule has 2 aliphatic carbocycles. The number of benzene rings is 1. The van der Waals surface area contributed by atoms with E-state index in [4.69, 9.17) is 18.9 Å². The van der Waals surface area contributed by atoms with E-state index in [0.717, 1.165) is 0 Å². The van der Waals surface area contributed by atoms with E-state index >= 15 is 0 Å². The van der Waals surface area contributed by atoms with Crippen LogP contribution >= 0.6 is 0 Å². The Hall–Kier alpha value is -1.20. The molecule has 1 saturated carbocycles. The number of ether oxygens (including phenoxy) is 4. The molecule has 0 heterocycles. The van der Waals surface area contributed by atoms with Crippen molar-refractivity contribution in [1.29, 1.82) is 0 Å². The SMILES string of the molecule is CCOC(OCC)C1(C(OCC)OCC)C=Cc2cccc(C3CCCCC3)c21. The second-order valence-electron chi connectivity index (χ2n) is 7.90. The number of hydrogen-bond donors (Lipinski definition) is 0. The summed E-state index contributed by atoms with van der Waals surface area (Å²) in [6.45, 7) is 10.4. The van der Waals surface area contributed by atoms with E-state index < -0.39 is 18.0 Å². The molecule has 4 nitrogen and oxygen atoms in total. The Morgan fingerprint density at radius 2 is 1.38 bits per heavy atom. The van der Waals surface area contributed by atoms with Gasteiger partial charge in [-0.05, 0) is 63.1 Å². The Morgan fingerprint density at radius 3 is 1.90 bits per heavy atom. The summed E-state index contributed by atoms with van der Waals surface area (Å²) < 4.78 is 24.8. The van der Waals surface area contributed by atoms with Gasteiger partial charge in [0.25, 0.3) is 0 Å². The lowest BCUT2D eigenvalue weighted by Crippen LogP contribution is -2.52. The lowest BCUT2D eigenvalue weighted by molar-refractivity contribution is -0.248. The number of rotatable bonds is 11. The fourth-order valence-electron chi connectivity index (χ4n) is 5.05. The van der Waals surface area contributed by atoms with Crippen molar-refractivity contribution in [2.45, 2.75) is 83.7 Å². The third kappa shape index (κ3) is 4.46. The Morgan fingerprint density at radius 1 is 0.828 bits per heavy atom. The van der Waals surface area contributed by atoms with Gasteiger partial charge in [0.15, 0.2) is 12.6 Å². The minimum absolute atomic E-state index is 0.456. The molecular formula is C25H38O4. The quantitative estimate of drug-likeness (QED) is 0.439. The van der Waals surface area contributed by atoms with E-state index in [0.29, 0.717) is 32.3 Å². The smallest absolute Gasteiger partial charge is 0.175 e. The van der Waals surface area contributed by atoms with Crippen LogP contribution in [0.15, 0.2) is 24.3 Å². The fraction of sp³-hybridized carbons (Fsp3) is 0.680. The summed E-state index contributed by atoms with van der Waals surface area (Å²) in [6.07, 6.45) is 9.95. The van der Waals surface area contributed by atoms with Crippen LogP contribution in [0.3, 0.4) is 0 Å². The minimum atomic E-state index is -0.610. The van der Waals surface area contributed by atoms with E-state index in [1.807, 2.05) is 27.7 Å². The predicted molar refractivity (Wildman–Crippen MR) is 117 cm³/mol. The average molecular weight is 403 g/mol. The van der Waals surface area contributed by atoms with Gasteiger partial charge in [-0.1, -0.05) is 49.6 Å². The number of fused-ring (bicyclic) bond motifs is 1. The molecule has 4 heteroatoms. The van der Waals surface area contributed by atoms with Crippen LogP contribution in [0.5, 0.6) is 0 Å². The zero-order chi connectivity index (χ0) is 20.7. The van der Waals surface area contributed by atoms with E-state index in [-0.39, 0.29) is 0 Å². The lowest BCUT2D eigenvalue weighted by atomic mass is 9.72. The van der Waals surface area contributed by atoms with Gasteiger partial charge in [0, 0.05) is 26.4 Å². The highest BCUT2D eigenvalue weighted by Crippen LogP contribution is 2.49. The van der Waals surface area contributed by atoms with Crippen molar-refractivity contribution < 1.29 is 18.9 Å². The normalized spacial score (nSPS) is 18.7. The van der Waals surface area contributed by atoms with Gasteiger partial charge in [-0.25, -0.2) is 0 Å². The van der Waals surface area contributed by atoms with E-state index in [1.54, 1.807) is 0 Å². The summed E-state index contributed by atoms with van der Waals surface area (Å²) in [5.74, 6) is 0.575. The van der Waals surface area contributed by atoms with Crippen LogP contribution in [-0.2, 0) is 24.4 Å². The van der Waals surface area contributed by atoms with Gasteiger partial charge in [-0.3, -0.25) is 0 Å². The summed E-state index contributed by atoms with van der Waals surface area (Å²) in [5.41, 5.74) is 3.33. The van der Waals surface area contributed by atoms with Gasteiger partial charge in [0.05, 0.1) is 0 Å². The van der Waals surface area contributed by atoms with Crippen molar-refractivity contribution in [2.24, 2.45) is 0 Å². The zero-order valence-electron chi connectivity index (χ0n) is 18.6. The molecule has 0 N–H and O–H groups in total. The highest BCUT2D eigenvalue weighted by atomic mass is 16.7. The summed E-state index contributed by atoms with van der Waals surface area (Å²) in [4.78, 5) is 0. The first-order valence-corrected chi connectivity index (χ1v) is 11.5. The fourth-order valence-corrected chi connectivity index (χ4v) is 5.05. The molecule has 0 unspecified atom stereocenters. The van der Waals surface area contributed by atoms with Gasteiger partial charge in [-0.2, -0.15) is 0 Å². The van der Waals surface area contributed by atoms with Gasteiger partial charge in [0.1, 0.15) is 5.41 Å². The maximum absolute atomic E-state index is 6.21. The second-order valence-corrected chi connectivity index (χ2v) is 7.90. The summed E-state index contributed by atoms with van der Waals surface area (Å²) >= 11 is 0. The lowest BCUT2D eigenvalue weighted by Gasteiger charge is -2.43. The molecular weight excluding hydrogens is 364 g/mol. The molecule has 0 bridgehead atoms. The molecule has 29 heavy (non-hydrogen) atoms. The van der Waals surface area contributed by atoms with Crippen LogP contribution in [0.1, 0.15) is 82.4 Å². The molecule has 162 valence electrons. The van der Waals surface area contributed by atoms with Crippen molar-refractivity contribution >= 4 is 6.08 Å². The molecule has 0 aliphatic heterocycles. The van der Waals surface area contributed by atoms with Crippen molar-refractivity contribution in [3.63, 3.8) is 0 Å². The maximum atomic E-state index is 6.21. The van der Waals surface area contributed by atoms with Crippen LogP contribution in [0.2, 0.25) is 0 Å². The molecule has 1 fully saturated rings. The molecule has 1 aromatic carbocycles. The second kappa shape index (κ2) is 10.7. The van der Waals surface area contributed by atoms with Gasteiger partial charge in [-0.15, -0.1) is 0 Å². The summed E-state index contributed by atoms with van der Waals surface area (Å²) in [7, 11) is 0. The van der Waals surface area contributed by atoms with Crippen molar-refractivity contribution in [1.82, 2.24) is 0 Å². The van der Waals surface area contributed by atoms with Crippen molar-refractivity contribution in [3.8, 4) is 0 Å². The standard InChI is InChI=1S/C25H38O4/c1-5-26-23(27-6-2)25(24(28-7-3)29-8-4)18-17-20-15-12-16-21(22(20)25)19-13-10-9-11-14-19/h12,15-19,23-24H,5-11,13-14H2,1-4H3. The maximum Gasteiger partial charge on any atom is 0.175 e. The van der Waals surface area contributed by atoms with Gasteiger partial charge in [0.2, 0.25) is 0 Å². The molecule has 1 aromatic rings. The Kier molecular flexibility index (Phi) is 8.31. The minimum Gasteiger partial charge on any atom is -0.351 e. The highest BCUT2D eigenvalue weighted by Gasteiger charge is 2.53. The van der Waals surface area contributed by atoms with Crippen molar-refractivity contribution in [3.05, 3.63) is 41.0 Å². The van der Waals surface area contributed by atoms with E-state index in [2.05, 4.69) is 30.4 Å². The molecule has 0 saturated heterocycles.